The van der Waals surface area contributed by atoms with Crippen molar-refractivity contribution in [3.8, 4) is 0 Å². The third-order valence-electron chi connectivity index (χ3n) is 2.22. The summed E-state index contributed by atoms with van der Waals surface area (Å²) in [6.07, 6.45) is 1.08. The minimum atomic E-state index is -0.775. The molecule has 0 heterocycles. The fourth-order valence-electron chi connectivity index (χ4n) is 1.46. The van der Waals surface area contributed by atoms with Gasteiger partial charge in [0, 0.05) is 12.1 Å². The molecule has 0 aliphatic heterocycles. The van der Waals surface area contributed by atoms with E-state index in [1.54, 1.807) is 12.1 Å². The predicted molar refractivity (Wildman–Crippen MR) is 63.6 cm³/mol. The van der Waals surface area contributed by atoms with Gasteiger partial charge in [-0.1, -0.05) is 12.1 Å². The fourth-order valence-corrected chi connectivity index (χ4v) is 1.46. The summed E-state index contributed by atoms with van der Waals surface area (Å²) >= 11 is 0. The number of nitrogens with zero attached hydrogens (tertiary/aromatic N) is 1. The highest BCUT2D eigenvalue weighted by Crippen LogP contribution is 2.12. The van der Waals surface area contributed by atoms with Crippen LogP contribution >= 0.6 is 0 Å². The summed E-state index contributed by atoms with van der Waals surface area (Å²) in [6, 6.07) is 5.46. The van der Waals surface area contributed by atoms with Crippen LogP contribution in [0.4, 0.5) is 5.69 Å². The third kappa shape index (κ3) is 4.33. The van der Waals surface area contributed by atoms with Gasteiger partial charge in [-0.15, -0.1) is 0 Å². The molecule has 0 fully saturated rings. The summed E-state index contributed by atoms with van der Waals surface area (Å²) in [4.78, 5) is 20.7. The van der Waals surface area contributed by atoms with Crippen LogP contribution in [0.5, 0.6) is 0 Å². The number of carbonyl (C=O) groups excluding carboxylic acids is 1. The molecule has 1 rings (SSSR count). The Bertz CT molecular complexity index is 394. The highest BCUT2D eigenvalue weighted by Gasteiger charge is 2.13. The summed E-state index contributed by atoms with van der Waals surface area (Å²) < 4.78 is 0. The lowest BCUT2D eigenvalue weighted by atomic mass is 9.86. The molecule has 6 nitrogen and oxygen atoms in total. The first kappa shape index (κ1) is 13.3. The van der Waals surface area contributed by atoms with Gasteiger partial charge in [0.05, 0.1) is 11.0 Å². The molecule has 2 N–H and O–H groups in total. The van der Waals surface area contributed by atoms with E-state index >= 15 is 0 Å². The Labute approximate surface area is 98.9 Å². The van der Waals surface area contributed by atoms with Gasteiger partial charge in [0.2, 0.25) is 0 Å². The number of hydrogen-bond acceptors (Lipinski definition) is 5. The van der Waals surface area contributed by atoms with Crippen LogP contribution in [0.3, 0.4) is 0 Å². The van der Waals surface area contributed by atoms with Gasteiger partial charge >= 0.3 is 7.05 Å². The van der Waals surface area contributed by atoms with Gasteiger partial charge < -0.3 is 15.0 Å². The number of rotatable bonds is 6. The van der Waals surface area contributed by atoms with E-state index in [2.05, 4.69) is 5.23 Å². The Morgan fingerprint density at radius 3 is 2.53 bits per heavy atom. The lowest BCUT2D eigenvalue weighted by Gasteiger charge is -2.12. The van der Waals surface area contributed by atoms with Gasteiger partial charge in [-0.2, -0.15) is 0 Å². The molecule has 0 bridgehead atoms. The van der Waals surface area contributed by atoms with Crippen molar-refractivity contribution in [1.29, 1.82) is 0 Å². The normalized spacial score (nSPS) is 11.9. The van der Waals surface area contributed by atoms with E-state index in [1.165, 1.54) is 19.0 Å². The number of hydrogen-bond donors (Lipinski definition) is 2. The van der Waals surface area contributed by atoms with Crippen LogP contribution in [0.2, 0.25) is 6.82 Å². The molecule has 90 valence electrons. The van der Waals surface area contributed by atoms with Crippen molar-refractivity contribution in [1.82, 2.24) is 5.23 Å². The fraction of sp³-hybridized carbons (Fsp3) is 0.300. The lowest BCUT2D eigenvalue weighted by Crippen LogP contribution is -2.42. The summed E-state index contributed by atoms with van der Waals surface area (Å²) in [6.45, 7) is 1.52. The van der Waals surface area contributed by atoms with Crippen molar-refractivity contribution in [2.45, 2.75) is 19.3 Å². The molecule has 17 heavy (non-hydrogen) atoms. The zero-order valence-corrected chi connectivity index (χ0v) is 9.37. The molecule has 1 atom stereocenters. The van der Waals surface area contributed by atoms with Gasteiger partial charge in [0.25, 0.3) is 5.69 Å². The Hall–Kier alpha value is -1.73. The van der Waals surface area contributed by atoms with Crippen LogP contribution in [0.1, 0.15) is 5.56 Å². The van der Waals surface area contributed by atoms with Crippen molar-refractivity contribution >= 4 is 19.0 Å². The first-order valence-corrected chi connectivity index (χ1v) is 5.15. The average Bonchev–Trinajstić information content (AvgIpc) is 2.28. The number of aldehydes is 1. The number of benzene rings is 1. The second kappa shape index (κ2) is 6.12. The topological polar surface area (TPSA) is 92.5 Å². The number of nitrogens with one attached hydrogen (secondary N) is 1. The summed E-state index contributed by atoms with van der Waals surface area (Å²) in [7, 11) is -0.775. The van der Waals surface area contributed by atoms with E-state index in [1.807, 2.05) is 0 Å². The van der Waals surface area contributed by atoms with Crippen molar-refractivity contribution < 1.29 is 14.7 Å². The molecule has 0 aromatic heterocycles. The Morgan fingerprint density at radius 2 is 2.12 bits per heavy atom. The maximum atomic E-state index is 10.7. The molecule has 0 aliphatic carbocycles. The molecule has 0 radical (unpaired) electrons. The highest BCUT2D eigenvalue weighted by molar-refractivity contribution is 6.45. The van der Waals surface area contributed by atoms with Gasteiger partial charge in [-0.3, -0.25) is 10.1 Å². The smallest absolute Gasteiger partial charge is 0.374 e. The van der Waals surface area contributed by atoms with Crippen molar-refractivity contribution in [3.63, 3.8) is 0 Å². The SMILES string of the molecule is CB(O)NC(C=O)Cc1ccc([N+](=O)[O-])cc1. The summed E-state index contributed by atoms with van der Waals surface area (Å²) in [5, 5.41) is 22.2. The standard InChI is InChI=1S/C10H13BN2O4/c1-11(15)12-9(7-14)6-8-2-4-10(5-3-8)13(16)17/h2-5,7,9,12,15H,6H2,1H3. The number of nitro groups is 1. The molecule has 1 unspecified atom stereocenters. The molecule has 0 spiro atoms. The zero-order chi connectivity index (χ0) is 12.8. The first-order valence-electron chi connectivity index (χ1n) is 5.15. The highest BCUT2D eigenvalue weighted by atomic mass is 16.6. The molecular weight excluding hydrogens is 223 g/mol. The third-order valence-corrected chi connectivity index (χ3v) is 2.22. The molecule has 1 aromatic carbocycles. The van der Waals surface area contributed by atoms with E-state index in [0.717, 1.165) is 5.56 Å². The zero-order valence-electron chi connectivity index (χ0n) is 9.37. The Kier molecular flexibility index (Phi) is 4.80. The van der Waals surface area contributed by atoms with E-state index in [-0.39, 0.29) is 5.69 Å². The van der Waals surface area contributed by atoms with E-state index in [4.69, 9.17) is 5.02 Å². The molecule has 0 saturated carbocycles. The second-order valence-corrected chi connectivity index (χ2v) is 3.71. The maximum Gasteiger partial charge on any atom is 0.374 e. The van der Waals surface area contributed by atoms with Crippen LogP contribution in [0, 0.1) is 10.1 Å². The van der Waals surface area contributed by atoms with E-state index < -0.39 is 18.0 Å². The van der Waals surface area contributed by atoms with Gasteiger partial charge in [-0.25, -0.2) is 0 Å². The minimum Gasteiger partial charge on any atom is -0.437 e. The first-order chi connectivity index (χ1) is 8.02. The maximum absolute atomic E-state index is 10.7. The quantitative estimate of drug-likeness (QED) is 0.323. The molecular formula is C10H13BN2O4. The molecule has 0 amide bonds. The van der Waals surface area contributed by atoms with Crippen LogP contribution < -0.4 is 5.23 Å². The molecule has 0 saturated heterocycles. The van der Waals surface area contributed by atoms with E-state index in [9.17, 15) is 14.9 Å². The Balaban J connectivity index is 2.67. The Morgan fingerprint density at radius 1 is 1.53 bits per heavy atom. The lowest BCUT2D eigenvalue weighted by molar-refractivity contribution is -0.384. The monoisotopic (exact) mass is 236 g/mol. The van der Waals surface area contributed by atoms with Gasteiger partial charge in [0.1, 0.15) is 6.29 Å². The van der Waals surface area contributed by atoms with Crippen molar-refractivity contribution in [3.05, 3.63) is 39.9 Å². The summed E-state index contributed by atoms with van der Waals surface area (Å²) in [5.41, 5.74) is 0.806. The number of non-ortho nitro benzene ring substituents is 1. The predicted octanol–water partition coefficient (Wildman–Crippen LogP) is 0.405. The largest absolute Gasteiger partial charge is 0.437 e. The van der Waals surface area contributed by atoms with Crippen molar-refractivity contribution in [2.75, 3.05) is 0 Å². The minimum absolute atomic E-state index is 0.0138. The van der Waals surface area contributed by atoms with Crippen LogP contribution in [-0.4, -0.2) is 29.3 Å². The van der Waals surface area contributed by atoms with Crippen LogP contribution in [0.25, 0.3) is 0 Å². The van der Waals surface area contributed by atoms with Crippen LogP contribution in [-0.2, 0) is 11.2 Å². The summed E-state index contributed by atoms with van der Waals surface area (Å²) in [5.74, 6) is 0. The second-order valence-electron chi connectivity index (χ2n) is 3.71. The average molecular weight is 236 g/mol. The molecule has 0 aliphatic rings. The molecule has 1 aromatic rings. The number of carbonyl (C=O) groups is 1. The van der Waals surface area contributed by atoms with Gasteiger partial charge in [-0.05, 0) is 18.8 Å². The van der Waals surface area contributed by atoms with E-state index in [0.29, 0.717) is 12.7 Å². The number of nitro benzene ring substituents is 1. The molecule has 7 heteroatoms. The van der Waals surface area contributed by atoms with Crippen LogP contribution in [0.15, 0.2) is 24.3 Å². The van der Waals surface area contributed by atoms with Gasteiger partial charge in [0.15, 0.2) is 0 Å². The van der Waals surface area contributed by atoms with Crippen molar-refractivity contribution in [2.24, 2.45) is 0 Å².